The molecule has 0 atom stereocenters. The zero-order chi connectivity index (χ0) is 26.6. The molecule has 40 heavy (non-hydrogen) atoms. The predicted molar refractivity (Wildman–Crippen MR) is 175 cm³/mol. The van der Waals surface area contributed by atoms with E-state index in [2.05, 4.69) is 146 Å². The fourth-order valence-electron chi connectivity index (χ4n) is 6.40. The molecule has 0 unspecified atom stereocenters. The van der Waals surface area contributed by atoms with Gasteiger partial charge in [0.2, 0.25) is 0 Å². The van der Waals surface area contributed by atoms with Crippen LogP contribution in [0, 0.1) is 6.92 Å². The van der Waals surface area contributed by atoms with Crippen LogP contribution in [0.2, 0.25) is 0 Å². The lowest BCUT2D eigenvalue weighted by Crippen LogP contribution is -1.92. The Morgan fingerprint density at radius 2 is 0.925 bits per heavy atom. The van der Waals surface area contributed by atoms with E-state index in [-0.39, 0.29) is 0 Å². The first-order chi connectivity index (χ1) is 19.8. The van der Waals surface area contributed by atoms with E-state index in [0.717, 1.165) is 0 Å². The summed E-state index contributed by atoms with van der Waals surface area (Å²) in [5.41, 5.74) is 9.01. The summed E-state index contributed by atoms with van der Waals surface area (Å²) in [6, 6.07) is 51.2. The van der Waals surface area contributed by atoms with Crippen molar-refractivity contribution in [2.75, 3.05) is 0 Å². The van der Waals surface area contributed by atoms with Gasteiger partial charge in [-0.05, 0) is 79.5 Å². The van der Waals surface area contributed by atoms with Crippen LogP contribution >= 0.6 is 11.3 Å². The minimum Gasteiger partial charge on any atom is -0.135 e. The predicted octanol–water partition coefficient (Wildman–Crippen LogP) is 11.7. The molecule has 0 aliphatic rings. The van der Waals surface area contributed by atoms with Gasteiger partial charge < -0.3 is 0 Å². The van der Waals surface area contributed by atoms with Gasteiger partial charge in [0.15, 0.2) is 0 Å². The third-order valence-corrected chi connectivity index (χ3v) is 9.43. The van der Waals surface area contributed by atoms with E-state index < -0.39 is 0 Å². The maximum atomic E-state index is 2.39. The van der Waals surface area contributed by atoms with Crippen LogP contribution in [-0.2, 0) is 0 Å². The summed E-state index contributed by atoms with van der Waals surface area (Å²) < 4.78 is 2.69. The van der Waals surface area contributed by atoms with E-state index in [0.29, 0.717) is 0 Å². The summed E-state index contributed by atoms with van der Waals surface area (Å²) in [5, 5.41) is 7.84. The SMILES string of the molecule is Cc1ccccc1-c1c2ccccc2c(-c2cccc(-c3cccc4c3sc3ccccc34)c2)c2ccccc12. The highest BCUT2D eigenvalue weighted by molar-refractivity contribution is 7.26. The summed E-state index contributed by atoms with van der Waals surface area (Å²) in [7, 11) is 0. The lowest BCUT2D eigenvalue weighted by molar-refractivity contribution is 1.47. The van der Waals surface area contributed by atoms with Gasteiger partial charge in [0.05, 0.1) is 0 Å². The van der Waals surface area contributed by atoms with Crippen molar-refractivity contribution in [3.8, 4) is 33.4 Å². The van der Waals surface area contributed by atoms with E-state index in [9.17, 15) is 0 Å². The Kier molecular flexibility index (Phi) is 5.33. The molecule has 8 aromatic rings. The molecular weight excluding hydrogens is 500 g/mol. The Hall–Kier alpha value is -4.72. The first-order valence-electron chi connectivity index (χ1n) is 13.8. The van der Waals surface area contributed by atoms with Crippen LogP contribution in [-0.4, -0.2) is 0 Å². The molecule has 0 spiro atoms. The second kappa shape index (κ2) is 9.19. The maximum absolute atomic E-state index is 2.39. The van der Waals surface area contributed by atoms with Gasteiger partial charge >= 0.3 is 0 Å². The molecule has 0 aliphatic heterocycles. The highest BCUT2D eigenvalue weighted by Gasteiger charge is 2.18. The van der Waals surface area contributed by atoms with Crippen molar-refractivity contribution in [3.63, 3.8) is 0 Å². The third kappa shape index (κ3) is 3.52. The van der Waals surface area contributed by atoms with E-state index in [1.165, 1.54) is 80.7 Å². The summed E-state index contributed by atoms with van der Waals surface area (Å²) >= 11 is 1.89. The average molecular weight is 527 g/mol. The lowest BCUT2D eigenvalue weighted by Gasteiger charge is -2.19. The molecule has 0 radical (unpaired) electrons. The second-order valence-corrected chi connectivity index (χ2v) is 11.6. The van der Waals surface area contributed by atoms with Crippen LogP contribution in [0.5, 0.6) is 0 Å². The molecule has 8 rings (SSSR count). The number of hydrogen-bond acceptors (Lipinski definition) is 1. The topological polar surface area (TPSA) is 0 Å². The molecule has 1 heterocycles. The molecule has 0 amide bonds. The van der Waals surface area contributed by atoms with E-state index in [4.69, 9.17) is 0 Å². The smallest absolute Gasteiger partial charge is 0.0433 e. The van der Waals surface area contributed by atoms with Gasteiger partial charge in [0.25, 0.3) is 0 Å². The summed E-state index contributed by atoms with van der Waals surface area (Å²) in [6.45, 7) is 2.21. The maximum Gasteiger partial charge on any atom is 0.0433 e. The van der Waals surface area contributed by atoms with Crippen LogP contribution in [0.4, 0.5) is 0 Å². The quantitative estimate of drug-likeness (QED) is 0.201. The van der Waals surface area contributed by atoms with Crippen molar-refractivity contribution in [2.24, 2.45) is 0 Å². The Morgan fingerprint density at radius 1 is 0.400 bits per heavy atom. The van der Waals surface area contributed by atoms with Crippen molar-refractivity contribution in [3.05, 3.63) is 145 Å². The third-order valence-electron chi connectivity index (χ3n) is 8.21. The number of fused-ring (bicyclic) bond motifs is 5. The molecule has 0 nitrogen and oxygen atoms in total. The number of benzene rings is 7. The first kappa shape index (κ1) is 23.2. The Bertz CT molecular complexity index is 2170. The largest absolute Gasteiger partial charge is 0.135 e. The van der Waals surface area contributed by atoms with Crippen LogP contribution < -0.4 is 0 Å². The van der Waals surface area contributed by atoms with Crippen molar-refractivity contribution in [1.82, 2.24) is 0 Å². The molecule has 0 N–H and O–H groups in total. The molecule has 7 aromatic carbocycles. The van der Waals surface area contributed by atoms with E-state index >= 15 is 0 Å². The van der Waals surface area contributed by atoms with Crippen LogP contribution in [0.15, 0.2) is 140 Å². The minimum atomic E-state index is 1.25. The zero-order valence-electron chi connectivity index (χ0n) is 22.2. The highest BCUT2D eigenvalue weighted by Crippen LogP contribution is 2.46. The summed E-state index contributed by atoms with van der Waals surface area (Å²) in [5.74, 6) is 0. The van der Waals surface area contributed by atoms with Gasteiger partial charge in [0.1, 0.15) is 0 Å². The van der Waals surface area contributed by atoms with Gasteiger partial charge in [-0.3, -0.25) is 0 Å². The van der Waals surface area contributed by atoms with Crippen molar-refractivity contribution < 1.29 is 0 Å². The molecule has 0 saturated heterocycles. The average Bonchev–Trinajstić information content (AvgIpc) is 3.39. The molecular formula is C39H26S. The first-order valence-corrected chi connectivity index (χ1v) is 14.6. The fourth-order valence-corrected chi connectivity index (χ4v) is 7.64. The van der Waals surface area contributed by atoms with Crippen LogP contribution in [0.3, 0.4) is 0 Å². The summed E-state index contributed by atoms with van der Waals surface area (Å²) in [4.78, 5) is 0. The molecule has 188 valence electrons. The number of thiophene rings is 1. The zero-order valence-corrected chi connectivity index (χ0v) is 23.0. The van der Waals surface area contributed by atoms with Gasteiger partial charge in [-0.25, -0.2) is 0 Å². The highest BCUT2D eigenvalue weighted by atomic mass is 32.1. The number of hydrogen-bond donors (Lipinski definition) is 0. The van der Waals surface area contributed by atoms with Gasteiger partial charge in [-0.2, -0.15) is 0 Å². The van der Waals surface area contributed by atoms with Crippen molar-refractivity contribution in [2.45, 2.75) is 6.92 Å². The molecule has 1 aromatic heterocycles. The molecule has 0 aliphatic carbocycles. The van der Waals surface area contributed by atoms with Crippen LogP contribution in [0.25, 0.3) is 75.1 Å². The standard InChI is InChI=1S/C39H26S/c1-25-12-2-3-15-28(25)38-33-19-6-4-17-31(33)37(32-18-5-7-20-34(32)38)27-14-10-13-26(24-27)29-21-11-22-35-30-16-8-9-23-36(30)40-39(29)35/h2-24H,1H3. The van der Waals surface area contributed by atoms with E-state index in [1.807, 2.05) is 11.3 Å². The lowest BCUT2D eigenvalue weighted by atomic mass is 9.84. The van der Waals surface area contributed by atoms with Crippen molar-refractivity contribution >= 4 is 53.1 Å². The Labute approximate surface area is 237 Å². The Morgan fingerprint density at radius 3 is 1.65 bits per heavy atom. The number of aryl methyl sites for hydroxylation is 1. The van der Waals surface area contributed by atoms with Crippen molar-refractivity contribution in [1.29, 1.82) is 0 Å². The van der Waals surface area contributed by atoms with Crippen LogP contribution in [0.1, 0.15) is 5.56 Å². The Balaban J connectivity index is 1.42. The summed E-state index contributed by atoms with van der Waals surface area (Å²) in [6.07, 6.45) is 0. The molecule has 1 heteroatoms. The monoisotopic (exact) mass is 526 g/mol. The normalized spacial score (nSPS) is 11.6. The number of rotatable bonds is 3. The van der Waals surface area contributed by atoms with Gasteiger partial charge in [-0.15, -0.1) is 11.3 Å². The fraction of sp³-hybridized carbons (Fsp3) is 0.0256. The second-order valence-electron chi connectivity index (χ2n) is 10.5. The van der Waals surface area contributed by atoms with Gasteiger partial charge in [-0.1, -0.05) is 127 Å². The molecule has 0 saturated carbocycles. The molecule has 0 bridgehead atoms. The van der Waals surface area contributed by atoms with Gasteiger partial charge in [0, 0.05) is 20.2 Å². The minimum absolute atomic E-state index is 1.25. The molecule has 0 fully saturated rings. The van der Waals surface area contributed by atoms with E-state index in [1.54, 1.807) is 0 Å².